The molecule has 2 aliphatic rings. The lowest BCUT2D eigenvalue weighted by molar-refractivity contribution is -0.136. The third-order valence-electron chi connectivity index (χ3n) is 11.9. The largest absolute Gasteiger partial charge is 0.453 e. The molecule has 4 amide bonds. The van der Waals surface area contributed by atoms with Crippen LogP contribution in [-0.4, -0.2) is 79.2 Å². The summed E-state index contributed by atoms with van der Waals surface area (Å²) in [6, 6.07) is 30.4. The Hall–Kier alpha value is -7.68. The van der Waals surface area contributed by atoms with Crippen LogP contribution in [0, 0.1) is 5.82 Å². The Kier molecular flexibility index (Phi) is 11.5. The highest BCUT2D eigenvalue weighted by atomic mass is 19.1. The third kappa shape index (κ3) is 8.24. The van der Waals surface area contributed by atoms with Gasteiger partial charge in [-0.1, -0.05) is 78.9 Å². The second kappa shape index (κ2) is 17.7. The molecule has 0 bridgehead atoms. The summed E-state index contributed by atoms with van der Waals surface area (Å²) < 4.78 is 20.7. The molecule has 0 aliphatic carbocycles. The molecule has 4 N–H and O–H groups in total. The predicted octanol–water partition coefficient (Wildman–Crippen LogP) is 7.73. The molecular formula is C48H44FN9O5. The molecule has 14 nitrogen and oxygen atoms in total. The topological polar surface area (TPSA) is 178 Å². The number of aromatic amines is 2. The summed E-state index contributed by atoms with van der Waals surface area (Å²) in [6.45, 7) is 1.03. The first-order valence-electron chi connectivity index (χ1n) is 20.9. The maximum absolute atomic E-state index is 15.9. The molecule has 2 fully saturated rings. The van der Waals surface area contributed by atoms with Gasteiger partial charge in [-0.05, 0) is 67.1 Å². The van der Waals surface area contributed by atoms with Crippen molar-refractivity contribution in [2.75, 3.05) is 20.2 Å². The molecule has 2 aliphatic heterocycles. The van der Waals surface area contributed by atoms with E-state index in [4.69, 9.17) is 9.72 Å². The molecule has 9 rings (SSSR count). The van der Waals surface area contributed by atoms with E-state index in [0.717, 1.165) is 41.4 Å². The average Bonchev–Trinajstić information content (AvgIpc) is 4.17. The summed E-state index contributed by atoms with van der Waals surface area (Å²) >= 11 is 0. The fourth-order valence-corrected chi connectivity index (χ4v) is 8.74. The van der Waals surface area contributed by atoms with Gasteiger partial charge in [-0.3, -0.25) is 14.4 Å². The van der Waals surface area contributed by atoms with Crippen LogP contribution in [0.1, 0.15) is 72.6 Å². The molecule has 3 aromatic heterocycles. The van der Waals surface area contributed by atoms with E-state index in [1.807, 2.05) is 72.8 Å². The first-order valence-corrected chi connectivity index (χ1v) is 20.9. The van der Waals surface area contributed by atoms with Crippen molar-refractivity contribution in [1.29, 1.82) is 0 Å². The average molecular weight is 846 g/mol. The van der Waals surface area contributed by atoms with Crippen molar-refractivity contribution >= 4 is 35.2 Å². The van der Waals surface area contributed by atoms with E-state index >= 15 is 4.39 Å². The fraction of sp³-hybridized carbons (Fsp3) is 0.229. The number of hydrogen-bond donors (Lipinski definition) is 4. The summed E-state index contributed by atoms with van der Waals surface area (Å²) in [5, 5.41) is 6.25. The molecule has 318 valence electrons. The van der Waals surface area contributed by atoms with E-state index < -0.39 is 30.0 Å². The molecule has 4 aromatic carbocycles. The van der Waals surface area contributed by atoms with Gasteiger partial charge in [-0.25, -0.2) is 24.1 Å². The smallest absolute Gasteiger partial charge is 0.407 e. The first kappa shape index (κ1) is 40.7. The molecule has 0 spiro atoms. The Balaban J connectivity index is 0.891. The highest BCUT2D eigenvalue weighted by Gasteiger charge is 2.38. The Bertz CT molecular complexity index is 2800. The summed E-state index contributed by atoms with van der Waals surface area (Å²) in [7, 11) is 1.25. The predicted molar refractivity (Wildman–Crippen MR) is 233 cm³/mol. The van der Waals surface area contributed by atoms with Crippen molar-refractivity contribution in [3.8, 4) is 33.8 Å². The molecule has 0 saturated carbocycles. The quantitative estimate of drug-likeness (QED) is 0.0903. The molecule has 5 heterocycles. The van der Waals surface area contributed by atoms with Crippen LogP contribution in [0.2, 0.25) is 0 Å². The number of nitrogens with one attached hydrogen (secondary N) is 4. The van der Waals surface area contributed by atoms with E-state index in [2.05, 4.69) is 30.6 Å². The van der Waals surface area contributed by atoms with Crippen LogP contribution in [0.15, 0.2) is 122 Å². The molecule has 0 unspecified atom stereocenters. The number of benzene rings is 4. The number of ether oxygens (including phenoxy) is 1. The van der Waals surface area contributed by atoms with E-state index in [1.165, 1.54) is 13.2 Å². The number of likely N-dealkylation sites (tertiary alicyclic amines) is 2. The van der Waals surface area contributed by atoms with E-state index in [1.54, 1.807) is 52.5 Å². The molecular weight excluding hydrogens is 802 g/mol. The number of rotatable bonds is 12. The lowest BCUT2D eigenvalue weighted by Gasteiger charge is -2.28. The second-order valence-corrected chi connectivity index (χ2v) is 15.6. The minimum Gasteiger partial charge on any atom is -0.453 e. The van der Waals surface area contributed by atoms with Crippen LogP contribution < -0.4 is 10.6 Å². The number of amides is 4. The number of nitrogens with zero attached hydrogens (tertiary/aromatic N) is 5. The number of carbonyl (C=O) groups is 4. The second-order valence-electron chi connectivity index (χ2n) is 15.6. The lowest BCUT2D eigenvalue weighted by atomic mass is 10.0. The van der Waals surface area contributed by atoms with Gasteiger partial charge in [0.15, 0.2) is 0 Å². The zero-order valence-corrected chi connectivity index (χ0v) is 34.3. The minimum atomic E-state index is -0.948. The third-order valence-corrected chi connectivity index (χ3v) is 11.9. The number of pyridine rings is 1. The number of halogens is 1. The van der Waals surface area contributed by atoms with Crippen molar-refractivity contribution in [3.63, 3.8) is 0 Å². The molecule has 15 heteroatoms. The van der Waals surface area contributed by atoms with Gasteiger partial charge in [0.1, 0.15) is 29.5 Å². The monoisotopic (exact) mass is 845 g/mol. The number of carbonyl (C=O) groups excluding carboxylic acids is 4. The van der Waals surface area contributed by atoms with Crippen LogP contribution >= 0.6 is 0 Å². The number of fused-ring (bicyclic) bond motifs is 1. The Morgan fingerprint density at radius 1 is 0.746 bits per heavy atom. The van der Waals surface area contributed by atoms with Gasteiger partial charge in [-0.2, -0.15) is 0 Å². The molecule has 2 saturated heterocycles. The number of H-pyrrole nitrogens is 2. The van der Waals surface area contributed by atoms with Crippen LogP contribution in [0.5, 0.6) is 0 Å². The molecule has 4 atom stereocenters. The SMILES string of the molecule is COC(=O)N[C@@H](C(=O)N1CCC[C@H]1c1ncc(-c2ccc(-c3ccc4cc(-c5cnc([C@@H]6CCCN6C(=O)[C@H](NC=O)c6ccccc6)[nH]5)ccc4n3)cc2F)[nH]1)c1ccccc1. The Labute approximate surface area is 361 Å². The minimum absolute atomic E-state index is 0.182. The van der Waals surface area contributed by atoms with Gasteiger partial charge in [-0.15, -0.1) is 0 Å². The maximum atomic E-state index is 15.9. The Morgan fingerprint density at radius 3 is 1.98 bits per heavy atom. The summed E-state index contributed by atoms with van der Waals surface area (Å²) in [5.74, 6) is 0.276. The number of methoxy groups -OCH3 is 1. The number of aromatic nitrogens is 5. The van der Waals surface area contributed by atoms with E-state index in [9.17, 15) is 19.2 Å². The van der Waals surface area contributed by atoms with Crippen molar-refractivity contribution in [1.82, 2.24) is 45.4 Å². The van der Waals surface area contributed by atoms with Crippen molar-refractivity contribution in [3.05, 3.63) is 150 Å². The van der Waals surface area contributed by atoms with Crippen molar-refractivity contribution in [2.45, 2.75) is 49.9 Å². The fourth-order valence-electron chi connectivity index (χ4n) is 8.74. The summed E-state index contributed by atoms with van der Waals surface area (Å²) in [4.78, 5) is 75.6. The van der Waals surface area contributed by atoms with Crippen molar-refractivity contribution < 1.29 is 28.3 Å². The summed E-state index contributed by atoms with van der Waals surface area (Å²) in [6.07, 6.45) is 6.13. The zero-order valence-electron chi connectivity index (χ0n) is 34.3. The standard InChI is InChI=1S/C48H44FN9O5/c1-63-48(62)56-43(30-12-6-3-7-13-30)47(61)58-23-9-15-41(58)45-51-27-39(55-45)34-19-16-33(25-35(34)49)37-20-17-31-24-32(18-21-36(31)53-37)38-26-50-44(54-38)40-14-8-22-57(40)46(60)42(52-28-59)29-10-4-2-5-11-29/h2-7,10-13,16-21,24-28,40-43H,8-9,14-15,22-23H2,1H3,(H,50,54)(H,51,55)(H,52,59)(H,56,62)/t40-,41-,42+,43+/m0/s1. The van der Waals surface area contributed by atoms with Gasteiger partial charge in [0.25, 0.3) is 5.91 Å². The van der Waals surface area contributed by atoms with Gasteiger partial charge in [0, 0.05) is 35.2 Å². The number of hydrogen-bond acceptors (Lipinski definition) is 8. The van der Waals surface area contributed by atoms with Gasteiger partial charge >= 0.3 is 6.09 Å². The molecule has 63 heavy (non-hydrogen) atoms. The van der Waals surface area contributed by atoms with E-state index in [0.29, 0.717) is 71.2 Å². The van der Waals surface area contributed by atoms with Crippen LogP contribution in [-0.2, 0) is 19.1 Å². The van der Waals surface area contributed by atoms with Gasteiger partial charge in [0.05, 0.1) is 54.2 Å². The molecule has 7 aromatic rings. The zero-order chi connectivity index (χ0) is 43.5. The Morgan fingerprint density at radius 2 is 1.35 bits per heavy atom. The van der Waals surface area contributed by atoms with E-state index in [-0.39, 0.29) is 17.9 Å². The number of imidazole rings is 2. The van der Waals surface area contributed by atoms with Crippen LogP contribution in [0.25, 0.3) is 44.7 Å². The number of alkyl carbamates (subject to hydrolysis) is 1. The summed E-state index contributed by atoms with van der Waals surface area (Å²) in [5.41, 5.74) is 5.76. The first-order chi connectivity index (χ1) is 30.8. The van der Waals surface area contributed by atoms with Gasteiger partial charge in [0.2, 0.25) is 12.3 Å². The van der Waals surface area contributed by atoms with Crippen molar-refractivity contribution in [2.24, 2.45) is 0 Å². The molecule has 0 radical (unpaired) electrons. The van der Waals surface area contributed by atoms with Gasteiger partial charge < -0.3 is 35.1 Å². The highest BCUT2D eigenvalue weighted by molar-refractivity contribution is 5.88. The maximum Gasteiger partial charge on any atom is 0.407 e. The van der Waals surface area contributed by atoms with Crippen LogP contribution in [0.3, 0.4) is 0 Å². The normalized spacial score (nSPS) is 17.0. The highest BCUT2D eigenvalue weighted by Crippen LogP contribution is 2.37. The van der Waals surface area contributed by atoms with Crippen LogP contribution in [0.4, 0.5) is 9.18 Å². The lowest BCUT2D eigenvalue weighted by Crippen LogP contribution is -2.42.